The zero-order chi connectivity index (χ0) is 9.54. The molecule has 0 atom stereocenters. The molecule has 1 aliphatic rings. The minimum Gasteiger partial charge on any atom is -0.289 e. The number of carbonyl (C=O) groups is 1. The molecule has 1 nitrogen and oxygen atoms in total. The lowest BCUT2D eigenvalue weighted by Gasteiger charge is -1.96. The Kier molecular flexibility index (Phi) is 1.37. The first kappa shape index (κ1) is 7.51. The summed E-state index contributed by atoms with van der Waals surface area (Å²) in [6.45, 7) is 0. The lowest BCUT2D eigenvalue weighted by atomic mass is 10.1. The number of hydrogen-bond acceptors (Lipinski definition) is 1. The van der Waals surface area contributed by atoms with Gasteiger partial charge in [-0.05, 0) is 17.2 Å². The number of fused-ring (bicyclic) bond motifs is 3. The number of carbonyl (C=O) groups excluding carboxylic acids is 1. The van der Waals surface area contributed by atoms with Gasteiger partial charge in [0.25, 0.3) is 0 Å². The lowest BCUT2D eigenvalue weighted by Crippen LogP contribution is -1.93. The molecule has 1 aliphatic carbocycles. The highest BCUT2D eigenvalue weighted by molar-refractivity contribution is 6.21. The molecule has 0 amide bonds. The summed E-state index contributed by atoms with van der Waals surface area (Å²) in [5, 5.41) is 0. The molecule has 0 aromatic heterocycles. The Morgan fingerprint density at radius 3 is 2.43 bits per heavy atom. The molecule has 0 bridgehead atoms. The topological polar surface area (TPSA) is 17.1 Å². The summed E-state index contributed by atoms with van der Waals surface area (Å²) in [6.07, 6.45) is 0. The van der Waals surface area contributed by atoms with Crippen LogP contribution in [-0.2, 0) is 0 Å². The molecule has 1 heteroatoms. The van der Waals surface area contributed by atoms with Gasteiger partial charge >= 0.3 is 0 Å². The van der Waals surface area contributed by atoms with Gasteiger partial charge in [-0.25, -0.2) is 0 Å². The van der Waals surface area contributed by atoms with Crippen molar-refractivity contribution < 1.29 is 4.79 Å². The van der Waals surface area contributed by atoms with Crippen molar-refractivity contribution >= 4 is 5.78 Å². The molecular weight excluding hydrogens is 172 g/mol. The molecule has 0 fully saturated rings. The first-order valence-corrected chi connectivity index (χ1v) is 4.53. The molecule has 1 radical (unpaired) electrons. The first-order valence-electron chi connectivity index (χ1n) is 4.53. The van der Waals surface area contributed by atoms with Crippen molar-refractivity contribution in [1.82, 2.24) is 0 Å². The van der Waals surface area contributed by atoms with E-state index in [1.807, 2.05) is 36.4 Å². The molecule has 0 saturated carbocycles. The van der Waals surface area contributed by atoms with Crippen LogP contribution in [0.4, 0.5) is 0 Å². The number of hydrogen-bond donors (Lipinski definition) is 0. The maximum atomic E-state index is 11.9. The normalized spacial score (nSPS) is 12.4. The van der Waals surface area contributed by atoms with Crippen LogP contribution < -0.4 is 0 Å². The summed E-state index contributed by atoms with van der Waals surface area (Å²) in [4.78, 5) is 11.9. The SMILES string of the molecule is O=C1c2[c]cccc2-c2ccccc21. The fourth-order valence-corrected chi connectivity index (χ4v) is 1.90. The van der Waals surface area contributed by atoms with Crippen LogP contribution in [0.2, 0.25) is 0 Å². The van der Waals surface area contributed by atoms with Crippen LogP contribution in [0.3, 0.4) is 0 Å². The fourth-order valence-electron chi connectivity index (χ4n) is 1.90. The van der Waals surface area contributed by atoms with Crippen molar-refractivity contribution in [1.29, 1.82) is 0 Å². The molecule has 65 valence electrons. The van der Waals surface area contributed by atoms with E-state index in [0.717, 1.165) is 16.7 Å². The van der Waals surface area contributed by atoms with Gasteiger partial charge in [0.05, 0.1) is 0 Å². The molecule has 0 spiro atoms. The van der Waals surface area contributed by atoms with Crippen LogP contribution in [0.15, 0.2) is 42.5 Å². The van der Waals surface area contributed by atoms with E-state index in [9.17, 15) is 4.79 Å². The van der Waals surface area contributed by atoms with E-state index < -0.39 is 0 Å². The van der Waals surface area contributed by atoms with Crippen LogP contribution in [0.1, 0.15) is 15.9 Å². The van der Waals surface area contributed by atoms with Crippen molar-refractivity contribution in [2.45, 2.75) is 0 Å². The summed E-state index contributed by atoms with van der Waals surface area (Å²) in [5.41, 5.74) is 3.54. The maximum absolute atomic E-state index is 11.9. The zero-order valence-corrected chi connectivity index (χ0v) is 7.45. The standard InChI is InChI=1S/C13H7O/c14-13-11-7-3-1-5-9(11)10-6-2-4-8-12(10)13/h1-7H. The third-order valence-corrected chi connectivity index (χ3v) is 2.55. The van der Waals surface area contributed by atoms with E-state index in [-0.39, 0.29) is 5.78 Å². The second-order valence-corrected chi connectivity index (χ2v) is 3.33. The fraction of sp³-hybridized carbons (Fsp3) is 0. The minimum atomic E-state index is 0.0937. The number of benzene rings is 2. The summed E-state index contributed by atoms with van der Waals surface area (Å²) in [6, 6.07) is 16.3. The van der Waals surface area contributed by atoms with Gasteiger partial charge in [-0.2, -0.15) is 0 Å². The van der Waals surface area contributed by atoms with Gasteiger partial charge in [0.1, 0.15) is 0 Å². The number of ketones is 1. The van der Waals surface area contributed by atoms with Crippen molar-refractivity contribution in [2.75, 3.05) is 0 Å². The third-order valence-electron chi connectivity index (χ3n) is 2.55. The van der Waals surface area contributed by atoms with Gasteiger partial charge in [0.15, 0.2) is 5.78 Å². The van der Waals surface area contributed by atoms with Gasteiger partial charge in [0, 0.05) is 11.1 Å². The molecule has 14 heavy (non-hydrogen) atoms. The van der Waals surface area contributed by atoms with E-state index in [4.69, 9.17) is 0 Å². The van der Waals surface area contributed by atoms with Crippen LogP contribution in [0.5, 0.6) is 0 Å². The quantitative estimate of drug-likeness (QED) is 0.518. The predicted molar refractivity (Wildman–Crippen MR) is 54.1 cm³/mol. The van der Waals surface area contributed by atoms with Gasteiger partial charge in [-0.1, -0.05) is 42.5 Å². The predicted octanol–water partition coefficient (Wildman–Crippen LogP) is 2.70. The van der Waals surface area contributed by atoms with E-state index in [1.165, 1.54) is 0 Å². The molecule has 0 heterocycles. The van der Waals surface area contributed by atoms with Gasteiger partial charge in [0.2, 0.25) is 0 Å². The van der Waals surface area contributed by atoms with Crippen LogP contribution in [0.25, 0.3) is 11.1 Å². The zero-order valence-electron chi connectivity index (χ0n) is 7.45. The Morgan fingerprint density at radius 1 is 0.857 bits per heavy atom. The van der Waals surface area contributed by atoms with Gasteiger partial charge < -0.3 is 0 Å². The lowest BCUT2D eigenvalue weighted by molar-refractivity contribution is 0.104. The molecule has 2 aromatic carbocycles. The van der Waals surface area contributed by atoms with Crippen LogP contribution in [-0.4, -0.2) is 5.78 Å². The summed E-state index contributed by atoms with van der Waals surface area (Å²) in [5.74, 6) is 0.0937. The third kappa shape index (κ3) is 0.814. The summed E-state index contributed by atoms with van der Waals surface area (Å²) >= 11 is 0. The van der Waals surface area contributed by atoms with E-state index in [0.29, 0.717) is 5.56 Å². The molecule has 0 N–H and O–H groups in total. The van der Waals surface area contributed by atoms with Crippen LogP contribution in [0, 0.1) is 6.07 Å². The summed E-state index contributed by atoms with van der Waals surface area (Å²) in [7, 11) is 0. The number of rotatable bonds is 0. The second-order valence-electron chi connectivity index (χ2n) is 3.33. The molecule has 3 rings (SSSR count). The molecule has 2 aromatic rings. The van der Waals surface area contributed by atoms with E-state index in [1.54, 1.807) is 6.07 Å². The van der Waals surface area contributed by atoms with Crippen LogP contribution >= 0.6 is 0 Å². The van der Waals surface area contributed by atoms with E-state index in [2.05, 4.69) is 6.07 Å². The van der Waals surface area contributed by atoms with Crippen molar-refractivity contribution in [2.24, 2.45) is 0 Å². The Bertz CT molecular complexity index is 479. The van der Waals surface area contributed by atoms with Crippen molar-refractivity contribution in [3.05, 3.63) is 59.7 Å². The highest BCUT2D eigenvalue weighted by Gasteiger charge is 2.25. The second kappa shape index (κ2) is 2.55. The Balaban J connectivity index is 2.42. The smallest absolute Gasteiger partial charge is 0.194 e. The first-order chi connectivity index (χ1) is 6.88. The average molecular weight is 179 g/mol. The molecule has 0 aliphatic heterocycles. The molecular formula is C13H7O. The Hall–Kier alpha value is -1.89. The molecule has 0 saturated heterocycles. The van der Waals surface area contributed by atoms with Gasteiger partial charge in [-0.3, -0.25) is 4.79 Å². The molecule has 0 unspecified atom stereocenters. The Morgan fingerprint density at radius 2 is 1.57 bits per heavy atom. The minimum absolute atomic E-state index is 0.0937. The monoisotopic (exact) mass is 179 g/mol. The van der Waals surface area contributed by atoms with Crippen molar-refractivity contribution in [3.63, 3.8) is 0 Å². The van der Waals surface area contributed by atoms with E-state index >= 15 is 0 Å². The van der Waals surface area contributed by atoms with Gasteiger partial charge in [-0.15, -0.1) is 0 Å². The Labute approximate surface area is 82.0 Å². The maximum Gasteiger partial charge on any atom is 0.194 e. The highest BCUT2D eigenvalue weighted by atomic mass is 16.1. The largest absolute Gasteiger partial charge is 0.289 e. The highest BCUT2D eigenvalue weighted by Crippen LogP contribution is 2.35. The van der Waals surface area contributed by atoms with Crippen molar-refractivity contribution in [3.8, 4) is 11.1 Å². The summed E-state index contributed by atoms with van der Waals surface area (Å²) < 4.78 is 0. The average Bonchev–Trinajstić information content (AvgIpc) is 2.55.